The molecule has 0 spiro atoms. The Labute approximate surface area is 152 Å². The second-order valence-corrected chi connectivity index (χ2v) is 6.63. The van der Waals surface area contributed by atoms with Crippen molar-refractivity contribution in [2.45, 2.75) is 13.1 Å². The first-order chi connectivity index (χ1) is 11.5. The molecule has 0 aromatic heterocycles. The molecule has 2 aromatic rings. The summed E-state index contributed by atoms with van der Waals surface area (Å²) in [5.74, 6) is -0.168. The molecule has 0 unspecified atom stereocenters. The molecule has 0 aliphatic rings. The number of amides is 1. The maximum absolute atomic E-state index is 12.0. The van der Waals surface area contributed by atoms with E-state index >= 15 is 0 Å². The van der Waals surface area contributed by atoms with Crippen LogP contribution in [0.3, 0.4) is 0 Å². The van der Waals surface area contributed by atoms with Gasteiger partial charge in [-0.25, -0.2) is 0 Å². The molecule has 0 heterocycles. The van der Waals surface area contributed by atoms with Crippen molar-refractivity contribution in [2.75, 3.05) is 14.1 Å². The lowest BCUT2D eigenvalue weighted by molar-refractivity contribution is -0.872. The number of carbonyl (C=O) groups is 1. The topological polar surface area (TPSA) is 33.5 Å². The van der Waals surface area contributed by atoms with Crippen LogP contribution in [0.4, 0.5) is 0 Å². The molecule has 5 heteroatoms. The Hall–Kier alpha value is -1.81. The Morgan fingerprint density at radius 3 is 2.50 bits per heavy atom. The summed E-state index contributed by atoms with van der Waals surface area (Å²) in [5.41, 5.74) is 3.08. The zero-order chi connectivity index (χ0) is 17.5. The molecule has 2 aromatic carbocycles. The quantitative estimate of drug-likeness (QED) is 0.760. The highest BCUT2D eigenvalue weighted by molar-refractivity contribution is 6.42. The smallest absolute Gasteiger partial charge is 0.244 e. The van der Waals surface area contributed by atoms with Gasteiger partial charge in [0, 0.05) is 18.2 Å². The Bertz CT molecular complexity index is 742. The lowest BCUT2D eigenvalue weighted by Gasteiger charge is -2.12. The molecule has 0 aliphatic carbocycles. The van der Waals surface area contributed by atoms with Gasteiger partial charge in [0.25, 0.3) is 0 Å². The number of carbonyl (C=O) groups excluding carboxylic acids is 1. The van der Waals surface area contributed by atoms with Gasteiger partial charge in [0.2, 0.25) is 5.91 Å². The molecule has 3 nitrogen and oxygen atoms in total. The molecule has 0 fully saturated rings. The fourth-order valence-corrected chi connectivity index (χ4v) is 2.71. The van der Waals surface area contributed by atoms with Crippen molar-refractivity contribution in [1.82, 2.24) is 5.32 Å². The summed E-state index contributed by atoms with van der Waals surface area (Å²) in [6, 6.07) is 13.5. The molecule has 0 bridgehead atoms. The second kappa shape index (κ2) is 8.88. The third kappa shape index (κ3) is 5.38. The number of rotatable bonds is 6. The minimum absolute atomic E-state index is 0.168. The first-order valence-electron chi connectivity index (χ1n) is 7.73. The number of benzene rings is 2. The van der Waals surface area contributed by atoms with Crippen LogP contribution in [0.15, 0.2) is 48.5 Å². The van der Waals surface area contributed by atoms with Crippen molar-refractivity contribution < 1.29 is 9.69 Å². The fourth-order valence-electron chi connectivity index (χ4n) is 2.34. The Morgan fingerprint density at radius 1 is 1.08 bits per heavy atom. The van der Waals surface area contributed by atoms with Gasteiger partial charge in [-0.1, -0.05) is 59.6 Å². The molecule has 0 radical (unpaired) electrons. The predicted molar refractivity (Wildman–Crippen MR) is 100 cm³/mol. The Kier molecular flexibility index (Phi) is 6.85. The van der Waals surface area contributed by atoms with Gasteiger partial charge < -0.3 is 10.2 Å². The predicted octanol–water partition coefficient (Wildman–Crippen LogP) is 2.97. The molecule has 0 atom stereocenters. The number of halogens is 2. The van der Waals surface area contributed by atoms with Crippen molar-refractivity contribution in [3.05, 3.63) is 75.3 Å². The second-order valence-electron chi connectivity index (χ2n) is 5.85. The number of quaternary nitrogens is 1. The molecule has 126 valence electrons. The minimum Gasteiger partial charge on any atom is -0.348 e. The maximum atomic E-state index is 12.0. The SMILES string of the molecule is C[NH+](C)Cc1ccccc1CNC(=O)/C=C/c1cccc(Cl)c1Cl. The summed E-state index contributed by atoms with van der Waals surface area (Å²) >= 11 is 12.1. The van der Waals surface area contributed by atoms with E-state index < -0.39 is 0 Å². The van der Waals surface area contributed by atoms with E-state index in [4.69, 9.17) is 23.2 Å². The third-order valence-corrected chi connectivity index (χ3v) is 4.34. The fraction of sp³-hybridized carbons (Fsp3) is 0.211. The first-order valence-corrected chi connectivity index (χ1v) is 8.48. The third-order valence-electron chi connectivity index (χ3n) is 3.51. The van der Waals surface area contributed by atoms with Crippen LogP contribution in [0.5, 0.6) is 0 Å². The molecule has 1 amide bonds. The molecule has 0 saturated heterocycles. The van der Waals surface area contributed by atoms with Gasteiger partial charge in [-0.15, -0.1) is 0 Å². The van der Waals surface area contributed by atoms with Crippen LogP contribution in [-0.2, 0) is 17.9 Å². The molecule has 0 saturated carbocycles. The Balaban J connectivity index is 1.99. The monoisotopic (exact) mass is 363 g/mol. The van der Waals surface area contributed by atoms with E-state index in [-0.39, 0.29) is 5.91 Å². The van der Waals surface area contributed by atoms with Crippen LogP contribution >= 0.6 is 23.2 Å². The van der Waals surface area contributed by atoms with Crippen molar-refractivity contribution in [3.8, 4) is 0 Å². The normalized spacial score (nSPS) is 11.2. The maximum Gasteiger partial charge on any atom is 0.244 e. The van der Waals surface area contributed by atoms with Crippen molar-refractivity contribution >= 4 is 35.2 Å². The number of nitrogens with one attached hydrogen (secondary N) is 2. The average molecular weight is 364 g/mol. The summed E-state index contributed by atoms with van der Waals surface area (Å²) in [5, 5.41) is 3.82. The van der Waals surface area contributed by atoms with E-state index in [2.05, 4.69) is 25.5 Å². The van der Waals surface area contributed by atoms with Gasteiger partial charge in [-0.05, 0) is 23.3 Å². The van der Waals surface area contributed by atoms with Gasteiger partial charge in [-0.3, -0.25) is 4.79 Å². The lowest BCUT2D eigenvalue weighted by Crippen LogP contribution is -3.04. The van der Waals surface area contributed by atoms with E-state index in [1.807, 2.05) is 24.3 Å². The van der Waals surface area contributed by atoms with Gasteiger partial charge in [-0.2, -0.15) is 0 Å². The molecular weight excluding hydrogens is 343 g/mol. The van der Waals surface area contributed by atoms with Gasteiger partial charge >= 0.3 is 0 Å². The summed E-state index contributed by atoms with van der Waals surface area (Å²) in [6.45, 7) is 1.41. The van der Waals surface area contributed by atoms with Gasteiger partial charge in [0.15, 0.2) is 0 Å². The van der Waals surface area contributed by atoms with Crippen LogP contribution in [0.25, 0.3) is 6.08 Å². The van der Waals surface area contributed by atoms with Gasteiger partial charge in [0.1, 0.15) is 6.54 Å². The summed E-state index contributed by atoms with van der Waals surface area (Å²) in [7, 11) is 4.21. The van der Waals surface area contributed by atoms with Crippen molar-refractivity contribution in [3.63, 3.8) is 0 Å². The molecule has 24 heavy (non-hydrogen) atoms. The van der Waals surface area contributed by atoms with Crippen LogP contribution in [0, 0.1) is 0 Å². The highest BCUT2D eigenvalue weighted by Crippen LogP contribution is 2.26. The number of hydrogen-bond acceptors (Lipinski definition) is 1. The highest BCUT2D eigenvalue weighted by atomic mass is 35.5. The largest absolute Gasteiger partial charge is 0.348 e. The van der Waals surface area contributed by atoms with E-state index in [0.29, 0.717) is 16.6 Å². The van der Waals surface area contributed by atoms with Crippen molar-refractivity contribution in [1.29, 1.82) is 0 Å². The average Bonchev–Trinajstić information content (AvgIpc) is 2.55. The first kappa shape index (κ1) is 18.5. The summed E-state index contributed by atoms with van der Waals surface area (Å²) < 4.78 is 0. The molecule has 2 N–H and O–H groups in total. The summed E-state index contributed by atoms with van der Waals surface area (Å²) in [6.07, 6.45) is 3.14. The lowest BCUT2D eigenvalue weighted by atomic mass is 10.1. The molecule has 0 aliphatic heterocycles. The zero-order valence-corrected chi connectivity index (χ0v) is 15.3. The number of hydrogen-bond donors (Lipinski definition) is 2. The van der Waals surface area contributed by atoms with Crippen molar-refractivity contribution in [2.24, 2.45) is 0 Å². The standard InChI is InChI=1S/C19H20Cl2N2O/c1-23(2)13-16-7-4-3-6-15(16)12-22-18(24)11-10-14-8-5-9-17(20)19(14)21/h3-11H,12-13H2,1-2H3,(H,22,24)/p+1/b11-10+. The molecule has 2 rings (SSSR count). The minimum atomic E-state index is -0.168. The van der Waals surface area contributed by atoms with Gasteiger partial charge in [0.05, 0.1) is 24.1 Å². The zero-order valence-electron chi connectivity index (χ0n) is 13.8. The van der Waals surface area contributed by atoms with E-state index in [1.54, 1.807) is 18.2 Å². The van der Waals surface area contributed by atoms with Crippen LogP contribution in [0.1, 0.15) is 16.7 Å². The highest BCUT2D eigenvalue weighted by Gasteiger charge is 2.06. The summed E-state index contributed by atoms with van der Waals surface area (Å²) in [4.78, 5) is 13.4. The van der Waals surface area contributed by atoms with E-state index in [9.17, 15) is 4.79 Å². The van der Waals surface area contributed by atoms with Crippen LogP contribution < -0.4 is 10.2 Å². The molecular formula is C19H21Cl2N2O+. The van der Waals surface area contributed by atoms with Crippen LogP contribution in [0.2, 0.25) is 10.0 Å². The van der Waals surface area contributed by atoms with E-state index in [1.165, 1.54) is 16.5 Å². The van der Waals surface area contributed by atoms with E-state index in [0.717, 1.165) is 17.7 Å². The Morgan fingerprint density at radius 2 is 1.79 bits per heavy atom. The van der Waals surface area contributed by atoms with Crippen LogP contribution in [-0.4, -0.2) is 20.0 Å².